The van der Waals surface area contributed by atoms with Gasteiger partial charge in [0.05, 0.1) is 0 Å². The van der Waals surface area contributed by atoms with Crippen molar-refractivity contribution in [3.63, 3.8) is 0 Å². The zero-order valence-corrected chi connectivity index (χ0v) is 18.7. The molecular weight excluding hydrogens is 372 g/mol. The molecule has 1 saturated heterocycles. The largest absolute Gasteiger partial charge is 0.380 e. The zero-order valence-electron chi connectivity index (χ0n) is 18.7. The summed E-state index contributed by atoms with van der Waals surface area (Å²) in [7, 11) is 2.09. The number of hydrogen-bond acceptors (Lipinski definition) is 4. The monoisotopic (exact) mass is 406 g/mol. The Morgan fingerprint density at radius 1 is 1.10 bits per heavy atom. The number of carbonyl (C=O) groups is 1. The highest BCUT2D eigenvalue weighted by atomic mass is 16.3. The number of Topliss-reactive ketones (excluding diaryl/α,β-unsaturated/α-hetero) is 1. The normalized spacial score (nSPS) is 22.0. The first-order valence-electron chi connectivity index (χ1n) is 11.2. The van der Waals surface area contributed by atoms with Crippen LogP contribution in [-0.4, -0.2) is 40.9 Å². The molecule has 2 fully saturated rings. The molecule has 4 nitrogen and oxygen atoms in total. The van der Waals surface area contributed by atoms with E-state index in [0.29, 0.717) is 30.5 Å². The molecule has 2 heterocycles. The summed E-state index contributed by atoms with van der Waals surface area (Å²) in [6, 6.07) is 10.6. The first kappa shape index (κ1) is 21.2. The number of benzene rings is 1. The molecule has 0 spiro atoms. The maximum absolute atomic E-state index is 12.3. The first-order chi connectivity index (χ1) is 14.2. The average molecular weight is 407 g/mol. The van der Waals surface area contributed by atoms with Gasteiger partial charge < -0.3 is 10.0 Å². The summed E-state index contributed by atoms with van der Waals surface area (Å²) in [4.78, 5) is 18.5. The number of nitrogens with zero attached hydrogens (tertiary/aromatic N) is 2. The third-order valence-electron chi connectivity index (χ3n) is 7.30. The van der Waals surface area contributed by atoms with Crippen molar-refractivity contribution in [3.05, 3.63) is 65.0 Å². The van der Waals surface area contributed by atoms with E-state index in [9.17, 15) is 9.90 Å². The molecule has 0 amide bonds. The number of pyridine rings is 1. The molecule has 4 rings (SSSR count). The van der Waals surface area contributed by atoms with Gasteiger partial charge >= 0.3 is 0 Å². The van der Waals surface area contributed by atoms with Crippen LogP contribution in [0, 0.1) is 5.41 Å². The molecule has 0 bridgehead atoms. The van der Waals surface area contributed by atoms with Gasteiger partial charge in [0.1, 0.15) is 11.4 Å². The van der Waals surface area contributed by atoms with Crippen molar-refractivity contribution in [2.24, 2.45) is 5.41 Å². The highest BCUT2D eigenvalue weighted by Gasteiger charge is 2.55. The van der Waals surface area contributed by atoms with Crippen molar-refractivity contribution in [1.82, 2.24) is 9.88 Å². The van der Waals surface area contributed by atoms with E-state index in [4.69, 9.17) is 0 Å². The van der Waals surface area contributed by atoms with Crippen LogP contribution in [0.3, 0.4) is 0 Å². The quantitative estimate of drug-likeness (QED) is 0.787. The first-order valence-corrected chi connectivity index (χ1v) is 11.2. The SMILES string of the molecule is CC(C)c1ccc([C@](O)(c2cncc(C3CCC(=O)CC3)c2)C2(C)CN(C)C2)cc1. The fourth-order valence-electron chi connectivity index (χ4n) is 5.50. The molecule has 1 aromatic carbocycles. The summed E-state index contributed by atoms with van der Waals surface area (Å²) >= 11 is 0. The molecule has 2 aliphatic rings. The maximum atomic E-state index is 12.3. The molecule has 4 heteroatoms. The summed E-state index contributed by atoms with van der Waals surface area (Å²) in [5.41, 5.74) is 2.82. The van der Waals surface area contributed by atoms with E-state index in [2.05, 4.69) is 68.0 Å². The standard InChI is InChI=1S/C26H34N2O2/c1-18(2)19-5-9-22(10-6-19)26(30,25(3)16-28(4)17-25)23-13-21(14-27-15-23)20-7-11-24(29)12-8-20/h5-6,9-10,13-15,18,20,30H,7-8,11-12,16-17H2,1-4H3/t26-/m0/s1. The number of likely N-dealkylation sites (tertiary alicyclic amines) is 1. The Hall–Kier alpha value is -2.04. The van der Waals surface area contributed by atoms with Crippen molar-refractivity contribution in [2.75, 3.05) is 20.1 Å². The average Bonchev–Trinajstić information content (AvgIpc) is 2.72. The van der Waals surface area contributed by atoms with Crippen LogP contribution in [0.1, 0.15) is 80.5 Å². The molecule has 1 aromatic heterocycles. The van der Waals surface area contributed by atoms with Crippen molar-refractivity contribution in [1.29, 1.82) is 0 Å². The van der Waals surface area contributed by atoms with Crippen molar-refractivity contribution >= 4 is 5.78 Å². The molecule has 0 unspecified atom stereocenters. The number of rotatable bonds is 5. The van der Waals surface area contributed by atoms with Crippen molar-refractivity contribution in [2.45, 2.75) is 63.9 Å². The smallest absolute Gasteiger partial charge is 0.132 e. The molecule has 1 aliphatic heterocycles. The van der Waals surface area contributed by atoms with Crippen LogP contribution in [0.25, 0.3) is 0 Å². The summed E-state index contributed by atoms with van der Waals surface area (Å²) in [5.74, 6) is 1.17. The number of aliphatic hydroxyl groups is 1. The summed E-state index contributed by atoms with van der Waals surface area (Å²) < 4.78 is 0. The second kappa shape index (κ2) is 7.90. The lowest BCUT2D eigenvalue weighted by Crippen LogP contribution is -2.63. The lowest BCUT2D eigenvalue weighted by atomic mass is 9.62. The van der Waals surface area contributed by atoms with Gasteiger partial charge in [0.2, 0.25) is 0 Å². The third-order valence-corrected chi connectivity index (χ3v) is 7.30. The van der Waals surface area contributed by atoms with Crippen LogP contribution in [0.4, 0.5) is 0 Å². The van der Waals surface area contributed by atoms with E-state index < -0.39 is 5.60 Å². The summed E-state index contributed by atoms with van der Waals surface area (Å²) in [5, 5.41) is 12.3. The second-order valence-electron chi connectivity index (χ2n) is 10.0. The second-order valence-corrected chi connectivity index (χ2v) is 10.0. The molecule has 1 N–H and O–H groups in total. The van der Waals surface area contributed by atoms with Crippen molar-refractivity contribution in [3.8, 4) is 0 Å². The molecule has 0 radical (unpaired) electrons. The van der Waals surface area contributed by atoms with Gasteiger partial charge in [0.25, 0.3) is 0 Å². The van der Waals surface area contributed by atoms with Gasteiger partial charge in [0.15, 0.2) is 0 Å². The maximum Gasteiger partial charge on any atom is 0.132 e. The predicted molar refractivity (Wildman–Crippen MR) is 120 cm³/mol. The molecular formula is C26H34N2O2. The zero-order chi connectivity index (χ0) is 21.5. The number of carbonyl (C=O) groups excluding carboxylic acids is 1. The molecule has 2 aromatic rings. The molecule has 160 valence electrons. The van der Waals surface area contributed by atoms with Gasteiger partial charge in [-0.2, -0.15) is 0 Å². The van der Waals surface area contributed by atoms with Gasteiger partial charge in [-0.1, -0.05) is 45.0 Å². The van der Waals surface area contributed by atoms with E-state index in [1.807, 2.05) is 12.4 Å². The van der Waals surface area contributed by atoms with Crippen LogP contribution < -0.4 is 0 Å². The van der Waals surface area contributed by atoms with E-state index in [1.165, 1.54) is 5.56 Å². The van der Waals surface area contributed by atoms with Crippen LogP contribution in [-0.2, 0) is 10.4 Å². The Bertz CT molecular complexity index is 905. The highest BCUT2D eigenvalue weighted by Crippen LogP contribution is 2.50. The molecule has 1 atom stereocenters. The Morgan fingerprint density at radius 3 is 2.30 bits per heavy atom. The fraction of sp³-hybridized carbons (Fsp3) is 0.538. The number of ketones is 1. The minimum atomic E-state index is -1.11. The Balaban J connectivity index is 1.75. The lowest BCUT2D eigenvalue weighted by Gasteiger charge is -2.56. The third kappa shape index (κ3) is 3.61. The lowest BCUT2D eigenvalue weighted by molar-refractivity contribution is -0.127. The topological polar surface area (TPSA) is 53.4 Å². The van der Waals surface area contributed by atoms with Crippen LogP contribution in [0.2, 0.25) is 0 Å². The van der Waals surface area contributed by atoms with Gasteiger partial charge in [-0.05, 0) is 54.5 Å². The Kier molecular flexibility index (Phi) is 5.58. The molecule has 30 heavy (non-hydrogen) atoms. The highest BCUT2D eigenvalue weighted by molar-refractivity contribution is 5.79. The summed E-state index contributed by atoms with van der Waals surface area (Å²) in [6.45, 7) is 8.21. The van der Waals surface area contributed by atoms with E-state index >= 15 is 0 Å². The van der Waals surface area contributed by atoms with Gasteiger partial charge in [-0.25, -0.2) is 0 Å². The Labute approximate surface area is 180 Å². The number of aromatic nitrogens is 1. The van der Waals surface area contributed by atoms with Crippen LogP contribution in [0.5, 0.6) is 0 Å². The van der Waals surface area contributed by atoms with Gasteiger partial charge in [-0.15, -0.1) is 0 Å². The van der Waals surface area contributed by atoms with Gasteiger partial charge in [-0.3, -0.25) is 9.78 Å². The van der Waals surface area contributed by atoms with E-state index in [-0.39, 0.29) is 5.41 Å². The van der Waals surface area contributed by atoms with Gasteiger partial charge in [0, 0.05) is 49.3 Å². The summed E-state index contributed by atoms with van der Waals surface area (Å²) in [6.07, 6.45) is 6.81. The fourth-order valence-corrected chi connectivity index (χ4v) is 5.50. The van der Waals surface area contributed by atoms with Crippen molar-refractivity contribution < 1.29 is 9.90 Å². The Morgan fingerprint density at radius 2 is 1.73 bits per heavy atom. The number of hydrogen-bond donors (Lipinski definition) is 1. The van der Waals surface area contributed by atoms with E-state index in [1.54, 1.807) is 0 Å². The van der Waals surface area contributed by atoms with Crippen LogP contribution >= 0.6 is 0 Å². The van der Waals surface area contributed by atoms with Crippen LogP contribution in [0.15, 0.2) is 42.7 Å². The minimum Gasteiger partial charge on any atom is -0.380 e. The molecule has 1 aliphatic carbocycles. The molecule has 1 saturated carbocycles. The minimum absolute atomic E-state index is 0.288. The van der Waals surface area contributed by atoms with E-state index in [0.717, 1.165) is 42.6 Å². The predicted octanol–water partition coefficient (Wildman–Crippen LogP) is 4.62.